The second-order valence-electron chi connectivity index (χ2n) is 19.5. The quantitative estimate of drug-likeness (QED) is 0.0261. The third-order valence-corrected chi connectivity index (χ3v) is 12.4. The van der Waals surface area contributed by atoms with Gasteiger partial charge in [0.05, 0.1) is 0 Å². The van der Waals surface area contributed by atoms with Gasteiger partial charge in [0, 0.05) is 19.3 Å². The molecule has 0 heterocycles. The summed E-state index contributed by atoms with van der Waals surface area (Å²) in [6, 6.07) is 0. The van der Waals surface area contributed by atoms with Gasteiger partial charge in [-0.05, 0) is 141 Å². The van der Waals surface area contributed by atoms with E-state index in [0.29, 0.717) is 19.3 Å². The highest BCUT2D eigenvalue weighted by Gasteiger charge is 2.19. The maximum atomic E-state index is 12.8. The average molecular weight is 1020 g/mol. The summed E-state index contributed by atoms with van der Waals surface area (Å²) in [5, 5.41) is 0. The minimum absolute atomic E-state index is 0.0993. The number of rotatable bonds is 53. The lowest BCUT2D eigenvalue weighted by Crippen LogP contribution is -2.30. The van der Waals surface area contributed by atoms with Gasteiger partial charge in [-0.1, -0.05) is 231 Å². The Hall–Kier alpha value is -4.45. The zero-order chi connectivity index (χ0) is 53.6. The molecule has 6 nitrogen and oxygen atoms in total. The molecule has 0 fully saturated rings. The van der Waals surface area contributed by atoms with E-state index in [0.717, 1.165) is 148 Å². The fourth-order valence-corrected chi connectivity index (χ4v) is 7.83. The van der Waals surface area contributed by atoms with Gasteiger partial charge in [0.25, 0.3) is 0 Å². The number of hydrogen-bond donors (Lipinski definition) is 0. The van der Waals surface area contributed by atoms with Crippen molar-refractivity contribution >= 4 is 17.9 Å². The standard InChI is InChI=1S/C68H110O6/c1-4-7-10-13-16-19-22-25-26-27-28-29-30-31-32-33-34-35-36-37-38-39-40-41-42-44-46-49-52-55-58-61-67(70)73-64-65(63-72-66(69)60-57-54-51-48-45-24-21-18-15-12-9-6-3)74-68(71)62-59-56-53-50-47-43-23-20-17-14-11-8-5-2/h7,10,16,18-21,23,25-26,28-29,31-32,34-35,37-38,40-41,44,46,65H,4-6,8-9,11-15,17,22,24,27,30,33,36,39,42-43,45,47-64H2,1-3H3/b10-7-,19-16-,21-18-,23-20-,26-25-,29-28-,32-31-,35-34-,38-37-,41-40-,46-44-. The van der Waals surface area contributed by atoms with Gasteiger partial charge in [0.2, 0.25) is 0 Å². The average Bonchev–Trinajstić information content (AvgIpc) is 3.40. The Kier molecular flexibility index (Phi) is 57.4. The van der Waals surface area contributed by atoms with E-state index in [1.165, 1.54) is 70.6 Å². The molecular formula is C68H110O6. The minimum atomic E-state index is -0.803. The second kappa shape index (κ2) is 61.1. The Balaban J connectivity index is 4.35. The zero-order valence-corrected chi connectivity index (χ0v) is 47.8. The van der Waals surface area contributed by atoms with Crippen molar-refractivity contribution in [2.24, 2.45) is 0 Å². The molecule has 418 valence electrons. The Morgan fingerprint density at radius 3 is 0.878 bits per heavy atom. The van der Waals surface area contributed by atoms with Crippen LogP contribution in [0.3, 0.4) is 0 Å². The molecule has 0 bridgehead atoms. The van der Waals surface area contributed by atoms with E-state index in [2.05, 4.69) is 154 Å². The SMILES string of the molecule is CC/C=C\C/C=C\C/C=C\C/C=C\C/C=C\C/C=C\C/C=C\C/C=C\C/C=C\CCCCCC(=O)OCC(COC(=O)CCCCCCC/C=C\CCCCC)OC(=O)CCCCCCC/C=C\CCCCCC. The predicted molar refractivity (Wildman–Crippen MR) is 320 cm³/mol. The summed E-state index contributed by atoms with van der Waals surface area (Å²) in [6.07, 6.45) is 85.9. The van der Waals surface area contributed by atoms with Crippen LogP contribution in [0.15, 0.2) is 134 Å². The minimum Gasteiger partial charge on any atom is -0.462 e. The number of ether oxygens (including phenoxy) is 3. The van der Waals surface area contributed by atoms with Gasteiger partial charge < -0.3 is 14.2 Å². The topological polar surface area (TPSA) is 78.9 Å². The normalized spacial score (nSPS) is 13.1. The highest BCUT2D eigenvalue weighted by atomic mass is 16.6. The van der Waals surface area contributed by atoms with E-state index < -0.39 is 6.10 Å². The van der Waals surface area contributed by atoms with Gasteiger partial charge >= 0.3 is 17.9 Å². The summed E-state index contributed by atoms with van der Waals surface area (Å²) in [5.74, 6) is -0.955. The maximum absolute atomic E-state index is 12.8. The lowest BCUT2D eigenvalue weighted by atomic mass is 10.1. The first-order chi connectivity index (χ1) is 36.5. The van der Waals surface area contributed by atoms with Crippen molar-refractivity contribution in [2.45, 2.75) is 264 Å². The van der Waals surface area contributed by atoms with E-state index in [-0.39, 0.29) is 31.1 Å². The number of esters is 3. The molecule has 1 unspecified atom stereocenters. The van der Waals surface area contributed by atoms with Crippen LogP contribution in [0.2, 0.25) is 0 Å². The molecule has 0 rings (SSSR count). The van der Waals surface area contributed by atoms with E-state index >= 15 is 0 Å². The smallest absolute Gasteiger partial charge is 0.306 e. The lowest BCUT2D eigenvalue weighted by Gasteiger charge is -2.18. The highest BCUT2D eigenvalue weighted by molar-refractivity contribution is 5.71. The molecule has 0 aliphatic rings. The van der Waals surface area contributed by atoms with Crippen LogP contribution < -0.4 is 0 Å². The Morgan fingerprint density at radius 1 is 0.284 bits per heavy atom. The molecule has 0 amide bonds. The van der Waals surface area contributed by atoms with Gasteiger partial charge in [0.15, 0.2) is 6.10 Å². The van der Waals surface area contributed by atoms with E-state index in [4.69, 9.17) is 14.2 Å². The van der Waals surface area contributed by atoms with E-state index in [1.807, 2.05) is 0 Å². The van der Waals surface area contributed by atoms with Crippen molar-refractivity contribution in [1.82, 2.24) is 0 Å². The summed E-state index contributed by atoms with van der Waals surface area (Å²) in [4.78, 5) is 38.1. The largest absolute Gasteiger partial charge is 0.462 e. The Bertz CT molecular complexity index is 1600. The monoisotopic (exact) mass is 1020 g/mol. The summed E-state index contributed by atoms with van der Waals surface area (Å²) in [7, 11) is 0. The van der Waals surface area contributed by atoms with E-state index in [9.17, 15) is 14.4 Å². The van der Waals surface area contributed by atoms with Crippen molar-refractivity contribution in [3.05, 3.63) is 134 Å². The van der Waals surface area contributed by atoms with Crippen molar-refractivity contribution in [1.29, 1.82) is 0 Å². The molecule has 0 aliphatic carbocycles. The summed E-state index contributed by atoms with van der Waals surface area (Å²) >= 11 is 0. The molecular weight excluding hydrogens is 913 g/mol. The van der Waals surface area contributed by atoms with Gasteiger partial charge in [0.1, 0.15) is 13.2 Å². The third kappa shape index (κ3) is 58.4. The molecule has 6 heteroatoms. The van der Waals surface area contributed by atoms with Crippen LogP contribution in [0.1, 0.15) is 258 Å². The van der Waals surface area contributed by atoms with Gasteiger partial charge in [-0.15, -0.1) is 0 Å². The highest BCUT2D eigenvalue weighted by Crippen LogP contribution is 2.13. The van der Waals surface area contributed by atoms with Crippen molar-refractivity contribution in [3.63, 3.8) is 0 Å². The number of carbonyl (C=O) groups is 3. The Labute approximate surface area is 455 Å². The molecule has 0 aromatic carbocycles. The Morgan fingerprint density at radius 2 is 0.527 bits per heavy atom. The second-order valence-corrected chi connectivity index (χ2v) is 19.5. The van der Waals surface area contributed by atoms with Gasteiger partial charge in [-0.3, -0.25) is 14.4 Å². The molecule has 0 radical (unpaired) electrons. The van der Waals surface area contributed by atoms with Crippen molar-refractivity contribution < 1.29 is 28.6 Å². The molecule has 0 aromatic rings. The molecule has 0 spiro atoms. The number of allylic oxidation sites excluding steroid dienone is 22. The van der Waals surface area contributed by atoms with Crippen LogP contribution >= 0.6 is 0 Å². The molecule has 0 aromatic heterocycles. The molecule has 0 N–H and O–H groups in total. The molecule has 0 saturated heterocycles. The first-order valence-corrected chi connectivity index (χ1v) is 30.2. The first-order valence-electron chi connectivity index (χ1n) is 30.2. The summed E-state index contributed by atoms with van der Waals surface area (Å²) < 4.78 is 16.8. The first kappa shape index (κ1) is 69.5. The fraction of sp³-hybridized carbons (Fsp3) is 0.632. The molecule has 1 atom stereocenters. The van der Waals surface area contributed by atoms with Crippen LogP contribution in [0.5, 0.6) is 0 Å². The van der Waals surface area contributed by atoms with Crippen LogP contribution in [0.4, 0.5) is 0 Å². The van der Waals surface area contributed by atoms with Gasteiger partial charge in [-0.2, -0.15) is 0 Å². The summed E-state index contributed by atoms with van der Waals surface area (Å²) in [5.41, 5.74) is 0. The lowest BCUT2D eigenvalue weighted by molar-refractivity contribution is -0.167. The zero-order valence-electron chi connectivity index (χ0n) is 47.8. The number of hydrogen-bond acceptors (Lipinski definition) is 6. The maximum Gasteiger partial charge on any atom is 0.306 e. The molecule has 74 heavy (non-hydrogen) atoms. The molecule has 0 aliphatic heterocycles. The predicted octanol–water partition coefficient (Wildman–Crippen LogP) is 20.6. The van der Waals surface area contributed by atoms with Crippen LogP contribution in [0.25, 0.3) is 0 Å². The van der Waals surface area contributed by atoms with Crippen molar-refractivity contribution in [3.8, 4) is 0 Å². The summed E-state index contributed by atoms with van der Waals surface area (Å²) in [6.45, 7) is 6.43. The molecule has 0 saturated carbocycles. The number of carbonyl (C=O) groups excluding carboxylic acids is 3. The van der Waals surface area contributed by atoms with E-state index in [1.54, 1.807) is 0 Å². The van der Waals surface area contributed by atoms with Crippen LogP contribution in [0, 0.1) is 0 Å². The third-order valence-electron chi connectivity index (χ3n) is 12.4. The van der Waals surface area contributed by atoms with Crippen LogP contribution in [-0.4, -0.2) is 37.2 Å². The number of unbranched alkanes of at least 4 members (excludes halogenated alkanes) is 20. The fourth-order valence-electron chi connectivity index (χ4n) is 7.83. The van der Waals surface area contributed by atoms with Crippen molar-refractivity contribution in [2.75, 3.05) is 13.2 Å². The van der Waals surface area contributed by atoms with Gasteiger partial charge in [-0.25, -0.2) is 0 Å². The van der Waals surface area contributed by atoms with Crippen LogP contribution in [-0.2, 0) is 28.6 Å².